The summed E-state index contributed by atoms with van der Waals surface area (Å²) in [6, 6.07) is 4.48. The Kier molecular flexibility index (Phi) is 4.29. The van der Waals surface area contributed by atoms with Crippen molar-refractivity contribution in [3.63, 3.8) is 0 Å². The monoisotopic (exact) mass is 310 g/mol. The van der Waals surface area contributed by atoms with Crippen LogP contribution in [0.1, 0.15) is 63.5 Å². The molecule has 23 heavy (non-hydrogen) atoms. The summed E-state index contributed by atoms with van der Waals surface area (Å²) in [7, 11) is 1.96. The van der Waals surface area contributed by atoms with Crippen molar-refractivity contribution in [2.45, 2.75) is 52.4 Å². The third-order valence-corrected chi connectivity index (χ3v) is 5.08. The maximum Gasteiger partial charge on any atom is 0.137 e. The number of aromatic nitrogens is 2. The molecule has 0 spiro atoms. The van der Waals surface area contributed by atoms with E-state index < -0.39 is 0 Å². The lowest BCUT2D eigenvalue weighted by molar-refractivity contribution is 0.601. The third kappa shape index (κ3) is 2.69. The minimum absolute atomic E-state index is 0.495. The number of fused-ring (bicyclic) bond motifs is 1. The molecule has 0 aliphatic carbocycles. The summed E-state index contributed by atoms with van der Waals surface area (Å²) in [6.45, 7) is 9.07. The molecule has 3 heteroatoms. The van der Waals surface area contributed by atoms with E-state index in [1.807, 2.05) is 24.2 Å². The molecular formula is C20H26N2O. The standard InChI is InChI=1S/C20H26N2O/c1-6-13(3)17-10-18(14(4)7-2)20-16(8-9-23-20)19(17)15-11-21-22(5)12-15/h8-14H,6-7H2,1-5H3. The molecule has 0 saturated heterocycles. The molecule has 2 unspecified atom stereocenters. The van der Waals surface area contributed by atoms with Crippen molar-refractivity contribution in [1.82, 2.24) is 9.78 Å². The predicted molar refractivity (Wildman–Crippen MR) is 95.8 cm³/mol. The third-order valence-electron chi connectivity index (χ3n) is 5.08. The second-order valence-electron chi connectivity index (χ2n) is 6.61. The van der Waals surface area contributed by atoms with E-state index in [2.05, 4.69) is 51.1 Å². The molecular weight excluding hydrogens is 284 g/mol. The van der Waals surface area contributed by atoms with Crippen LogP contribution in [0.15, 0.2) is 35.2 Å². The maximum atomic E-state index is 5.88. The summed E-state index contributed by atoms with van der Waals surface area (Å²) in [4.78, 5) is 0. The fraction of sp³-hybridized carbons (Fsp3) is 0.450. The van der Waals surface area contributed by atoms with Crippen LogP contribution in [0.2, 0.25) is 0 Å². The van der Waals surface area contributed by atoms with Gasteiger partial charge >= 0.3 is 0 Å². The number of hydrogen-bond acceptors (Lipinski definition) is 2. The number of aryl methyl sites for hydroxylation is 1. The van der Waals surface area contributed by atoms with Crippen LogP contribution in [-0.4, -0.2) is 9.78 Å². The van der Waals surface area contributed by atoms with E-state index in [0.29, 0.717) is 11.8 Å². The molecule has 0 aliphatic rings. The van der Waals surface area contributed by atoms with Crippen LogP contribution in [0.4, 0.5) is 0 Å². The van der Waals surface area contributed by atoms with Gasteiger partial charge in [0.2, 0.25) is 0 Å². The number of benzene rings is 1. The van der Waals surface area contributed by atoms with E-state index in [9.17, 15) is 0 Å². The largest absolute Gasteiger partial charge is 0.464 e. The molecule has 0 saturated carbocycles. The Morgan fingerprint density at radius 1 is 1.13 bits per heavy atom. The van der Waals surface area contributed by atoms with E-state index in [0.717, 1.165) is 18.4 Å². The Balaban J connectivity index is 2.35. The first-order valence-corrected chi connectivity index (χ1v) is 8.59. The molecule has 3 rings (SSSR count). The minimum Gasteiger partial charge on any atom is -0.464 e. The molecule has 0 bridgehead atoms. The first kappa shape index (κ1) is 15.9. The number of rotatable bonds is 5. The summed E-state index contributed by atoms with van der Waals surface area (Å²) in [5, 5.41) is 5.58. The molecule has 122 valence electrons. The minimum atomic E-state index is 0.495. The van der Waals surface area contributed by atoms with E-state index in [1.54, 1.807) is 0 Å². The summed E-state index contributed by atoms with van der Waals surface area (Å²) in [5.41, 5.74) is 6.22. The summed E-state index contributed by atoms with van der Waals surface area (Å²) in [5.74, 6) is 1.00. The molecule has 0 aliphatic heterocycles. The van der Waals surface area contributed by atoms with Crippen molar-refractivity contribution in [2.24, 2.45) is 7.05 Å². The van der Waals surface area contributed by atoms with Crippen molar-refractivity contribution in [1.29, 1.82) is 0 Å². The van der Waals surface area contributed by atoms with Crippen LogP contribution in [-0.2, 0) is 7.05 Å². The van der Waals surface area contributed by atoms with Crippen molar-refractivity contribution in [3.05, 3.63) is 41.9 Å². The Labute approximate surface area is 138 Å². The van der Waals surface area contributed by atoms with Gasteiger partial charge in [0.1, 0.15) is 5.58 Å². The molecule has 3 aromatic rings. The predicted octanol–water partition coefficient (Wildman–Crippen LogP) is 5.86. The summed E-state index contributed by atoms with van der Waals surface area (Å²) < 4.78 is 7.75. The highest BCUT2D eigenvalue weighted by Crippen LogP contribution is 2.41. The van der Waals surface area contributed by atoms with Crippen LogP contribution >= 0.6 is 0 Å². The SMILES string of the molecule is CCC(C)c1cc(C(C)CC)c2occc2c1-c1cnn(C)c1. The number of nitrogens with zero attached hydrogens (tertiary/aromatic N) is 2. The van der Waals surface area contributed by atoms with Crippen molar-refractivity contribution >= 4 is 11.0 Å². The van der Waals surface area contributed by atoms with Gasteiger partial charge in [-0.25, -0.2) is 0 Å². The topological polar surface area (TPSA) is 31.0 Å². The molecule has 0 fully saturated rings. The zero-order valence-electron chi connectivity index (χ0n) is 14.8. The fourth-order valence-electron chi connectivity index (χ4n) is 3.26. The summed E-state index contributed by atoms with van der Waals surface area (Å²) in [6.07, 6.45) is 8.10. The van der Waals surface area contributed by atoms with Gasteiger partial charge in [0.15, 0.2) is 0 Å². The smallest absolute Gasteiger partial charge is 0.137 e. The average molecular weight is 310 g/mol. The lowest BCUT2D eigenvalue weighted by Gasteiger charge is -2.19. The molecule has 1 aromatic carbocycles. The molecule has 2 aromatic heterocycles. The normalized spacial score (nSPS) is 14.3. The van der Waals surface area contributed by atoms with E-state index in [4.69, 9.17) is 4.42 Å². The Morgan fingerprint density at radius 2 is 1.83 bits per heavy atom. The van der Waals surface area contributed by atoms with Crippen LogP contribution in [0.3, 0.4) is 0 Å². The second kappa shape index (κ2) is 6.23. The molecule has 0 radical (unpaired) electrons. The van der Waals surface area contributed by atoms with Gasteiger partial charge in [0.05, 0.1) is 12.5 Å². The fourth-order valence-corrected chi connectivity index (χ4v) is 3.26. The first-order valence-electron chi connectivity index (χ1n) is 8.59. The van der Waals surface area contributed by atoms with Crippen LogP contribution in [0, 0.1) is 0 Å². The van der Waals surface area contributed by atoms with Gasteiger partial charge in [-0.3, -0.25) is 4.68 Å². The highest BCUT2D eigenvalue weighted by atomic mass is 16.3. The van der Waals surface area contributed by atoms with Gasteiger partial charge in [-0.05, 0) is 47.4 Å². The zero-order chi connectivity index (χ0) is 16.6. The Hall–Kier alpha value is -2.03. The lowest BCUT2D eigenvalue weighted by atomic mass is 9.84. The Bertz CT molecular complexity index is 812. The van der Waals surface area contributed by atoms with E-state index in [1.165, 1.54) is 27.6 Å². The van der Waals surface area contributed by atoms with Crippen molar-refractivity contribution in [3.8, 4) is 11.1 Å². The van der Waals surface area contributed by atoms with Gasteiger partial charge in [0.25, 0.3) is 0 Å². The van der Waals surface area contributed by atoms with Crippen LogP contribution < -0.4 is 0 Å². The molecule has 0 amide bonds. The quantitative estimate of drug-likeness (QED) is 0.591. The van der Waals surface area contributed by atoms with Crippen LogP contribution in [0.5, 0.6) is 0 Å². The van der Waals surface area contributed by atoms with Gasteiger partial charge < -0.3 is 4.42 Å². The first-order chi connectivity index (χ1) is 11.1. The van der Waals surface area contributed by atoms with Gasteiger partial charge in [-0.1, -0.05) is 33.8 Å². The average Bonchev–Trinajstić information content (AvgIpc) is 3.20. The molecule has 2 heterocycles. The maximum absolute atomic E-state index is 5.88. The van der Waals surface area contributed by atoms with Crippen molar-refractivity contribution < 1.29 is 4.42 Å². The lowest BCUT2D eigenvalue weighted by Crippen LogP contribution is -2.01. The number of furan rings is 1. The van der Waals surface area contributed by atoms with Gasteiger partial charge in [-0.2, -0.15) is 5.10 Å². The zero-order valence-corrected chi connectivity index (χ0v) is 14.8. The Morgan fingerprint density at radius 3 is 2.43 bits per heavy atom. The summed E-state index contributed by atoms with van der Waals surface area (Å²) >= 11 is 0. The highest BCUT2D eigenvalue weighted by Gasteiger charge is 2.21. The molecule has 0 N–H and O–H groups in total. The number of hydrogen-bond donors (Lipinski definition) is 0. The second-order valence-corrected chi connectivity index (χ2v) is 6.61. The van der Waals surface area contributed by atoms with Crippen molar-refractivity contribution in [2.75, 3.05) is 0 Å². The van der Waals surface area contributed by atoms with Crippen LogP contribution in [0.25, 0.3) is 22.1 Å². The van der Waals surface area contributed by atoms with E-state index >= 15 is 0 Å². The van der Waals surface area contributed by atoms with Gasteiger partial charge in [-0.15, -0.1) is 0 Å². The van der Waals surface area contributed by atoms with Gasteiger partial charge in [0, 0.05) is 24.2 Å². The highest BCUT2D eigenvalue weighted by molar-refractivity contribution is 5.97. The molecule has 2 atom stereocenters. The van der Waals surface area contributed by atoms with E-state index in [-0.39, 0.29) is 0 Å². The molecule has 3 nitrogen and oxygen atoms in total.